The second-order valence-electron chi connectivity index (χ2n) is 8.76. The zero-order chi connectivity index (χ0) is 23.9. The molecule has 3 aliphatic heterocycles. The zero-order valence-electron chi connectivity index (χ0n) is 19.8. The number of fused-ring (bicyclic) bond motifs is 3. The van der Waals surface area contributed by atoms with Crippen LogP contribution in [0.25, 0.3) is 45.0 Å². The molecule has 3 heterocycles. The maximum Gasteiger partial charge on any atom is 4.00 e. The zero-order valence-corrected chi connectivity index (χ0v) is 22.1. The van der Waals surface area contributed by atoms with Crippen LogP contribution in [0.15, 0.2) is 134 Å². The van der Waals surface area contributed by atoms with E-state index in [1.165, 1.54) is 0 Å². The summed E-state index contributed by atoms with van der Waals surface area (Å²) in [6.45, 7) is 0. The van der Waals surface area contributed by atoms with Crippen molar-refractivity contribution in [2.24, 2.45) is 0 Å². The first-order valence-electron chi connectivity index (χ1n) is 11.9. The number of rotatable bonds is 4. The summed E-state index contributed by atoms with van der Waals surface area (Å²) >= 11 is 0. The van der Waals surface area contributed by atoms with Gasteiger partial charge in [-0.15, -0.1) is 83.9 Å². The second kappa shape index (κ2) is 9.65. The minimum Gasteiger partial charge on any atom is -0.441 e. The van der Waals surface area contributed by atoms with Crippen molar-refractivity contribution < 1.29 is 21.1 Å². The van der Waals surface area contributed by atoms with Crippen molar-refractivity contribution in [2.45, 2.75) is 0 Å². The van der Waals surface area contributed by atoms with Crippen molar-refractivity contribution in [3.63, 3.8) is 0 Å². The Morgan fingerprint density at radius 1 is 0.486 bits per heavy atom. The van der Waals surface area contributed by atoms with Gasteiger partial charge in [-0.3, -0.25) is 0 Å². The average Bonchev–Trinajstić information content (AvgIpc) is 3.58. The van der Waals surface area contributed by atoms with E-state index in [9.17, 15) is 0 Å². The fraction of sp³-hybridized carbons (Fsp3) is 0. The quantitative estimate of drug-likeness (QED) is 0.178. The molecule has 0 aromatic heterocycles. The molecule has 0 N–H and O–H groups in total. The number of imidazole rings is 2. The molecule has 7 rings (SSSR count). The Morgan fingerprint density at radius 3 is 1.35 bits per heavy atom. The van der Waals surface area contributed by atoms with E-state index in [1.54, 1.807) is 0 Å². The van der Waals surface area contributed by atoms with E-state index in [0.717, 1.165) is 45.0 Å². The monoisotopic (exact) mass is 657 g/mol. The van der Waals surface area contributed by atoms with E-state index in [0.29, 0.717) is 0 Å². The first-order valence-corrected chi connectivity index (χ1v) is 11.9. The van der Waals surface area contributed by atoms with Crippen LogP contribution in [-0.2, 0) is 21.1 Å². The molecule has 180 valence electrons. The number of benzene rings is 4. The number of aromatic nitrogens is 4. The molecule has 4 aromatic carbocycles. The Hall–Kier alpha value is -4.27. The SMILES string of the molecule is [Pt+4].[c-]1ccccc1-c1ccccc1-n1cc2ccc3cn(-c4ccccc4-c4[c-]cccc4)[cH-]n-3n-2[cH-]1. The minimum absolute atomic E-state index is 0. The normalized spacial score (nSPS) is 11.0. The molecule has 4 nitrogen and oxygen atoms in total. The molecule has 4 aromatic rings. The summed E-state index contributed by atoms with van der Waals surface area (Å²) in [7, 11) is 0. The van der Waals surface area contributed by atoms with Gasteiger partial charge in [-0.25, -0.2) is 0 Å². The third kappa shape index (κ3) is 4.10. The Labute approximate surface area is 230 Å². The molecule has 0 radical (unpaired) electrons. The molecule has 0 aliphatic carbocycles. The van der Waals surface area contributed by atoms with E-state index in [-0.39, 0.29) is 21.1 Å². The van der Waals surface area contributed by atoms with Gasteiger partial charge in [0.25, 0.3) is 0 Å². The van der Waals surface area contributed by atoms with Crippen LogP contribution in [0.1, 0.15) is 0 Å². The van der Waals surface area contributed by atoms with Gasteiger partial charge in [0.05, 0.1) is 0 Å². The summed E-state index contributed by atoms with van der Waals surface area (Å²) in [5.41, 5.74) is 8.87. The van der Waals surface area contributed by atoms with Gasteiger partial charge in [0.2, 0.25) is 0 Å². The van der Waals surface area contributed by atoms with Crippen LogP contribution in [0.5, 0.6) is 0 Å². The van der Waals surface area contributed by atoms with Crippen molar-refractivity contribution in [3.05, 3.63) is 146 Å². The van der Waals surface area contributed by atoms with Crippen molar-refractivity contribution in [3.8, 4) is 45.0 Å². The molecule has 0 saturated carbocycles. The van der Waals surface area contributed by atoms with E-state index in [4.69, 9.17) is 0 Å². The van der Waals surface area contributed by atoms with Gasteiger partial charge >= 0.3 is 21.1 Å². The fourth-order valence-corrected chi connectivity index (χ4v) is 4.85. The topological polar surface area (TPSA) is 19.7 Å². The molecule has 0 amide bonds. The van der Waals surface area contributed by atoms with Crippen LogP contribution in [-0.4, -0.2) is 18.5 Å². The van der Waals surface area contributed by atoms with Gasteiger partial charge in [-0.2, -0.15) is 11.1 Å². The van der Waals surface area contributed by atoms with Crippen LogP contribution in [0.4, 0.5) is 0 Å². The first-order chi connectivity index (χ1) is 17.8. The molecule has 3 aliphatic rings. The molecule has 0 spiro atoms. The van der Waals surface area contributed by atoms with Crippen LogP contribution in [0.2, 0.25) is 0 Å². The molecule has 0 unspecified atom stereocenters. The second-order valence-corrected chi connectivity index (χ2v) is 8.76. The van der Waals surface area contributed by atoms with Crippen molar-refractivity contribution >= 4 is 0 Å². The third-order valence-electron chi connectivity index (χ3n) is 6.56. The van der Waals surface area contributed by atoms with Gasteiger partial charge in [0.15, 0.2) is 0 Å². The molecule has 5 heteroatoms. The molecule has 0 bridgehead atoms. The smallest absolute Gasteiger partial charge is 0.441 e. The molecule has 0 saturated heterocycles. The number of nitrogens with zero attached hydrogens (tertiary/aromatic N) is 4. The first kappa shape index (κ1) is 23.1. The Kier molecular flexibility index (Phi) is 6.03. The average molecular weight is 658 g/mol. The van der Waals surface area contributed by atoms with E-state index in [2.05, 4.69) is 141 Å². The summed E-state index contributed by atoms with van der Waals surface area (Å²) in [5.74, 6) is 0. The summed E-state index contributed by atoms with van der Waals surface area (Å²) in [5, 5.41) is 0. The van der Waals surface area contributed by atoms with Gasteiger partial charge in [-0.05, 0) is 11.4 Å². The van der Waals surface area contributed by atoms with Gasteiger partial charge in [-0.1, -0.05) is 72.3 Å². The molecular formula is C32H22N4Pt. The fourth-order valence-electron chi connectivity index (χ4n) is 4.85. The Morgan fingerprint density at radius 2 is 0.919 bits per heavy atom. The van der Waals surface area contributed by atoms with Crippen LogP contribution >= 0.6 is 0 Å². The maximum atomic E-state index is 3.37. The van der Waals surface area contributed by atoms with E-state index in [1.807, 2.05) is 24.3 Å². The maximum absolute atomic E-state index is 3.37. The molecule has 0 fully saturated rings. The predicted octanol–water partition coefficient (Wildman–Crippen LogP) is 7.22. The molecule has 37 heavy (non-hydrogen) atoms. The molecular weight excluding hydrogens is 635 g/mol. The predicted molar refractivity (Wildman–Crippen MR) is 143 cm³/mol. The largest absolute Gasteiger partial charge is 4.00 e. The third-order valence-corrected chi connectivity index (χ3v) is 6.56. The standard InChI is InChI=1S/C32H22N4.Pt/c1-3-11-25(12-4-1)29-15-7-9-17-31(29)33-21-27-19-20-28-22-34(24-36(28)35(27)23-33)32-18-10-8-16-30(32)26-13-5-2-6-14-26;/h1-11,13,15-24H;/q-4;+4. The molecule has 0 atom stereocenters. The van der Waals surface area contributed by atoms with Crippen molar-refractivity contribution in [1.29, 1.82) is 0 Å². The minimum atomic E-state index is 0. The summed E-state index contributed by atoms with van der Waals surface area (Å²) in [6.07, 6.45) is 8.59. The summed E-state index contributed by atoms with van der Waals surface area (Å²) in [4.78, 5) is 0. The number of hydrogen-bond donors (Lipinski definition) is 0. The van der Waals surface area contributed by atoms with Crippen LogP contribution in [0.3, 0.4) is 0 Å². The summed E-state index contributed by atoms with van der Waals surface area (Å²) in [6, 6.07) is 44.2. The van der Waals surface area contributed by atoms with Crippen molar-refractivity contribution in [2.75, 3.05) is 0 Å². The number of hydrogen-bond acceptors (Lipinski definition) is 0. The summed E-state index contributed by atoms with van der Waals surface area (Å²) < 4.78 is 8.72. The van der Waals surface area contributed by atoms with Crippen LogP contribution in [0, 0.1) is 12.1 Å². The van der Waals surface area contributed by atoms with Gasteiger partial charge in [0.1, 0.15) is 0 Å². The van der Waals surface area contributed by atoms with Gasteiger partial charge < -0.3 is 18.5 Å². The van der Waals surface area contributed by atoms with Gasteiger partial charge in [0, 0.05) is 12.7 Å². The van der Waals surface area contributed by atoms with E-state index < -0.39 is 0 Å². The Balaban J connectivity index is 0.00000252. The van der Waals surface area contributed by atoms with Crippen molar-refractivity contribution in [1.82, 2.24) is 18.5 Å². The van der Waals surface area contributed by atoms with E-state index >= 15 is 0 Å². The Bertz CT molecular complexity index is 1600. The van der Waals surface area contributed by atoms with Crippen LogP contribution < -0.4 is 0 Å². The number of para-hydroxylation sites is 2.